The first-order chi connectivity index (χ1) is 13.2. The number of nitrogen functional groups attached to an aromatic ring is 1. The highest BCUT2D eigenvalue weighted by atomic mass is 16.5. The van der Waals surface area contributed by atoms with E-state index in [0.717, 1.165) is 5.56 Å². The van der Waals surface area contributed by atoms with Gasteiger partial charge in [-0.05, 0) is 25.1 Å². The molecule has 3 N–H and O–H groups in total. The van der Waals surface area contributed by atoms with E-state index < -0.39 is 0 Å². The first kappa shape index (κ1) is 16.7. The van der Waals surface area contributed by atoms with E-state index in [-0.39, 0.29) is 12.5 Å². The highest BCUT2D eigenvalue weighted by molar-refractivity contribution is 5.96. The van der Waals surface area contributed by atoms with Crippen LogP contribution >= 0.6 is 0 Å². The highest BCUT2D eigenvalue weighted by Crippen LogP contribution is 2.18. The maximum atomic E-state index is 12.4. The second-order valence-electron chi connectivity index (χ2n) is 5.88. The summed E-state index contributed by atoms with van der Waals surface area (Å²) in [5, 5.41) is 6.78. The summed E-state index contributed by atoms with van der Waals surface area (Å²) in [6, 6.07) is 7.14. The maximum absolute atomic E-state index is 12.4. The summed E-state index contributed by atoms with van der Waals surface area (Å²) in [6.07, 6.45) is 4.89. The standard InChI is InChI=1S/C18H17N7O2/c1-2-25-16-15(23-18(25)19)6-12(9-21-16)17(26)22-10-13-7-14(24-27-13)11-4-3-5-20-8-11/h3-9H,2,10H2,1H3,(H2,19,23)(H,22,26). The summed E-state index contributed by atoms with van der Waals surface area (Å²) < 4.78 is 7.05. The molecule has 0 saturated heterocycles. The molecule has 0 radical (unpaired) electrons. The molecule has 0 unspecified atom stereocenters. The fraction of sp³-hybridized carbons (Fsp3) is 0.167. The normalized spacial score (nSPS) is 11.0. The number of rotatable bonds is 5. The summed E-state index contributed by atoms with van der Waals surface area (Å²) >= 11 is 0. The van der Waals surface area contributed by atoms with E-state index in [1.807, 2.05) is 19.1 Å². The molecule has 0 bridgehead atoms. The number of hydrogen-bond donors (Lipinski definition) is 2. The van der Waals surface area contributed by atoms with Gasteiger partial charge < -0.3 is 15.6 Å². The third kappa shape index (κ3) is 3.22. The van der Waals surface area contributed by atoms with Crippen molar-refractivity contribution in [2.24, 2.45) is 0 Å². The second kappa shape index (κ2) is 6.87. The van der Waals surface area contributed by atoms with E-state index in [9.17, 15) is 4.79 Å². The van der Waals surface area contributed by atoms with Crippen molar-refractivity contribution in [1.29, 1.82) is 0 Å². The number of pyridine rings is 2. The van der Waals surface area contributed by atoms with Gasteiger partial charge in [-0.15, -0.1) is 0 Å². The topological polar surface area (TPSA) is 125 Å². The van der Waals surface area contributed by atoms with Gasteiger partial charge in [-0.3, -0.25) is 14.3 Å². The zero-order valence-electron chi connectivity index (χ0n) is 14.6. The van der Waals surface area contributed by atoms with Crippen LogP contribution in [0.25, 0.3) is 22.4 Å². The molecule has 4 heterocycles. The van der Waals surface area contributed by atoms with E-state index in [4.69, 9.17) is 10.3 Å². The largest absolute Gasteiger partial charge is 0.369 e. The van der Waals surface area contributed by atoms with Gasteiger partial charge in [-0.2, -0.15) is 0 Å². The SMILES string of the molecule is CCn1c(N)nc2cc(C(=O)NCc3cc(-c4cccnc4)no3)cnc21. The molecule has 0 atom stereocenters. The van der Waals surface area contributed by atoms with E-state index in [2.05, 4.69) is 25.4 Å². The van der Waals surface area contributed by atoms with Crippen LogP contribution < -0.4 is 11.1 Å². The molecule has 1 amide bonds. The molecule has 9 heteroatoms. The number of amides is 1. The van der Waals surface area contributed by atoms with Crippen molar-refractivity contribution in [3.05, 3.63) is 54.2 Å². The van der Waals surface area contributed by atoms with Gasteiger partial charge in [0.1, 0.15) is 11.2 Å². The molecule has 0 aromatic carbocycles. The van der Waals surface area contributed by atoms with Gasteiger partial charge in [0.25, 0.3) is 5.91 Å². The van der Waals surface area contributed by atoms with Crippen molar-refractivity contribution in [3.63, 3.8) is 0 Å². The Bertz CT molecular complexity index is 1100. The molecular weight excluding hydrogens is 346 g/mol. The van der Waals surface area contributed by atoms with Gasteiger partial charge in [0.15, 0.2) is 11.4 Å². The van der Waals surface area contributed by atoms with E-state index in [1.165, 1.54) is 6.20 Å². The van der Waals surface area contributed by atoms with Crippen molar-refractivity contribution < 1.29 is 9.32 Å². The third-order valence-electron chi connectivity index (χ3n) is 4.13. The highest BCUT2D eigenvalue weighted by Gasteiger charge is 2.13. The number of carbonyl (C=O) groups excluding carboxylic acids is 1. The van der Waals surface area contributed by atoms with E-state index >= 15 is 0 Å². The zero-order valence-corrected chi connectivity index (χ0v) is 14.6. The number of aryl methyl sites for hydroxylation is 1. The second-order valence-corrected chi connectivity index (χ2v) is 5.88. The molecule has 27 heavy (non-hydrogen) atoms. The molecule has 136 valence electrons. The monoisotopic (exact) mass is 363 g/mol. The number of aromatic nitrogens is 5. The molecule has 0 aliphatic carbocycles. The van der Waals surface area contributed by atoms with Crippen LogP contribution in [-0.4, -0.2) is 30.6 Å². The predicted molar refractivity (Wildman–Crippen MR) is 98.5 cm³/mol. The number of hydrogen-bond acceptors (Lipinski definition) is 7. The summed E-state index contributed by atoms with van der Waals surface area (Å²) in [5.74, 6) is 0.631. The molecule has 0 aliphatic heterocycles. The van der Waals surface area contributed by atoms with Gasteiger partial charge in [0, 0.05) is 36.8 Å². The van der Waals surface area contributed by atoms with Crippen molar-refractivity contribution in [2.45, 2.75) is 20.0 Å². The summed E-state index contributed by atoms with van der Waals surface area (Å²) in [6.45, 7) is 2.82. The molecular formula is C18H17N7O2. The molecule has 0 spiro atoms. The number of nitrogens with one attached hydrogen (secondary N) is 1. The Labute approximate surface area is 154 Å². The predicted octanol–water partition coefficient (Wildman–Crippen LogP) is 2.01. The van der Waals surface area contributed by atoms with Crippen LogP contribution in [0, 0.1) is 0 Å². The zero-order chi connectivity index (χ0) is 18.8. The lowest BCUT2D eigenvalue weighted by atomic mass is 10.2. The number of imidazole rings is 1. The minimum Gasteiger partial charge on any atom is -0.369 e. The van der Waals surface area contributed by atoms with Gasteiger partial charge in [0.05, 0.1) is 12.1 Å². The van der Waals surface area contributed by atoms with E-state index in [0.29, 0.717) is 40.7 Å². The Hall–Kier alpha value is -3.75. The van der Waals surface area contributed by atoms with Crippen molar-refractivity contribution in [1.82, 2.24) is 30.0 Å². The Morgan fingerprint density at radius 2 is 2.22 bits per heavy atom. The Morgan fingerprint density at radius 3 is 3.00 bits per heavy atom. The molecule has 9 nitrogen and oxygen atoms in total. The lowest BCUT2D eigenvalue weighted by Crippen LogP contribution is -2.22. The summed E-state index contributed by atoms with van der Waals surface area (Å²) in [7, 11) is 0. The van der Waals surface area contributed by atoms with Crippen molar-refractivity contribution >= 4 is 23.0 Å². The maximum Gasteiger partial charge on any atom is 0.253 e. The van der Waals surface area contributed by atoms with Crippen LogP contribution in [0.4, 0.5) is 5.95 Å². The number of nitrogens with two attached hydrogens (primary N) is 1. The third-order valence-corrected chi connectivity index (χ3v) is 4.13. The average molecular weight is 363 g/mol. The quantitative estimate of drug-likeness (QED) is 0.555. The Balaban J connectivity index is 1.47. The lowest BCUT2D eigenvalue weighted by Gasteiger charge is -2.03. The molecule has 4 aromatic heterocycles. The van der Waals surface area contributed by atoms with Crippen LogP contribution in [0.3, 0.4) is 0 Å². The average Bonchev–Trinajstić information content (AvgIpc) is 3.29. The number of carbonyl (C=O) groups is 1. The molecule has 4 rings (SSSR count). The van der Waals surface area contributed by atoms with Crippen LogP contribution in [-0.2, 0) is 13.1 Å². The molecule has 0 fully saturated rings. The van der Waals surface area contributed by atoms with Crippen molar-refractivity contribution in [3.8, 4) is 11.3 Å². The van der Waals surface area contributed by atoms with Gasteiger partial charge >= 0.3 is 0 Å². The fourth-order valence-corrected chi connectivity index (χ4v) is 2.78. The lowest BCUT2D eigenvalue weighted by molar-refractivity contribution is 0.0947. The number of anilines is 1. The minimum atomic E-state index is -0.284. The fourth-order valence-electron chi connectivity index (χ4n) is 2.78. The minimum absolute atomic E-state index is 0.204. The Morgan fingerprint density at radius 1 is 1.33 bits per heavy atom. The number of fused-ring (bicyclic) bond motifs is 1. The van der Waals surface area contributed by atoms with Crippen LogP contribution in [0.2, 0.25) is 0 Å². The smallest absolute Gasteiger partial charge is 0.253 e. The van der Waals surface area contributed by atoms with Gasteiger partial charge in [0.2, 0.25) is 5.95 Å². The van der Waals surface area contributed by atoms with E-state index in [1.54, 1.807) is 29.1 Å². The Kier molecular flexibility index (Phi) is 4.25. The van der Waals surface area contributed by atoms with Crippen molar-refractivity contribution in [2.75, 3.05) is 5.73 Å². The van der Waals surface area contributed by atoms with Crippen LogP contribution in [0.5, 0.6) is 0 Å². The molecule has 4 aromatic rings. The first-order valence-electron chi connectivity index (χ1n) is 8.41. The molecule has 0 saturated carbocycles. The van der Waals surface area contributed by atoms with Crippen LogP contribution in [0.1, 0.15) is 23.0 Å². The summed E-state index contributed by atoms with van der Waals surface area (Å²) in [5.41, 5.74) is 9.01. The summed E-state index contributed by atoms with van der Waals surface area (Å²) in [4.78, 5) is 25.0. The number of nitrogens with zero attached hydrogens (tertiary/aromatic N) is 5. The van der Waals surface area contributed by atoms with Gasteiger partial charge in [-0.1, -0.05) is 5.16 Å². The van der Waals surface area contributed by atoms with Crippen LogP contribution in [0.15, 0.2) is 47.4 Å². The molecule has 0 aliphatic rings. The van der Waals surface area contributed by atoms with Gasteiger partial charge in [-0.25, -0.2) is 9.97 Å². The first-order valence-corrected chi connectivity index (χ1v) is 8.41.